The molecule has 1 saturated heterocycles. The van der Waals surface area contributed by atoms with E-state index in [2.05, 4.69) is 55.3 Å². The Kier molecular flexibility index (Phi) is 5.47. The molecule has 1 N–H and O–H groups in total. The minimum absolute atomic E-state index is 0.243. The Morgan fingerprint density at radius 1 is 1.00 bits per heavy atom. The van der Waals surface area contributed by atoms with Gasteiger partial charge in [0.05, 0.1) is 0 Å². The number of benzene rings is 1. The molecular formula is C18H30N2. The highest BCUT2D eigenvalue weighted by Gasteiger charge is 2.12. The third-order valence-corrected chi connectivity index (χ3v) is 4.18. The van der Waals surface area contributed by atoms with Crippen LogP contribution in [0.5, 0.6) is 0 Å². The molecule has 1 heterocycles. The molecule has 1 aliphatic rings. The first-order valence-corrected chi connectivity index (χ1v) is 8.12. The van der Waals surface area contributed by atoms with Gasteiger partial charge in [-0.15, -0.1) is 0 Å². The van der Waals surface area contributed by atoms with Crippen LogP contribution in [-0.2, 0) is 5.41 Å². The van der Waals surface area contributed by atoms with Gasteiger partial charge in [0, 0.05) is 12.2 Å². The highest BCUT2D eigenvalue weighted by molar-refractivity contribution is 5.45. The van der Waals surface area contributed by atoms with Crippen molar-refractivity contribution in [2.45, 2.75) is 51.9 Å². The van der Waals surface area contributed by atoms with Crippen LogP contribution in [-0.4, -0.2) is 31.1 Å². The van der Waals surface area contributed by atoms with Crippen LogP contribution in [0.4, 0.5) is 5.69 Å². The summed E-state index contributed by atoms with van der Waals surface area (Å²) < 4.78 is 0. The summed E-state index contributed by atoms with van der Waals surface area (Å²) >= 11 is 0. The summed E-state index contributed by atoms with van der Waals surface area (Å²) in [6.45, 7) is 11.7. The lowest BCUT2D eigenvalue weighted by Gasteiger charge is -2.26. The van der Waals surface area contributed by atoms with Crippen molar-refractivity contribution in [2.75, 3.05) is 31.5 Å². The van der Waals surface area contributed by atoms with Crippen LogP contribution in [0, 0.1) is 0 Å². The first kappa shape index (κ1) is 15.4. The minimum Gasteiger partial charge on any atom is -0.385 e. The van der Waals surface area contributed by atoms with E-state index in [0.29, 0.717) is 0 Å². The normalized spacial score (nSPS) is 17.1. The van der Waals surface area contributed by atoms with Crippen molar-refractivity contribution in [3.05, 3.63) is 29.8 Å². The monoisotopic (exact) mass is 274 g/mol. The Morgan fingerprint density at radius 3 is 2.25 bits per heavy atom. The summed E-state index contributed by atoms with van der Waals surface area (Å²) in [7, 11) is 0. The van der Waals surface area contributed by atoms with Crippen LogP contribution in [0.1, 0.15) is 52.0 Å². The van der Waals surface area contributed by atoms with Gasteiger partial charge >= 0.3 is 0 Å². The first-order valence-electron chi connectivity index (χ1n) is 8.12. The molecule has 0 aliphatic carbocycles. The zero-order valence-corrected chi connectivity index (χ0v) is 13.4. The third-order valence-electron chi connectivity index (χ3n) is 4.18. The van der Waals surface area contributed by atoms with Gasteiger partial charge in [0.25, 0.3) is 0 Å². The lowest BCUT2D eigenvalue weighted by Crippen LogP contribution is -2.31. The predicted octanol–water partition coefficient (Wildman–Crippen LogP) is 4.27. The van der Waals surface area contributed by atoms with E-state index in [-0.39, 0.29) is 5.41 Å². The molecule has 1 aliphatic heterocycles. The Hall–Kier alpha value is -1.02. The second kappa shape index (κ2) is 7.12. The second-order valence-corrected chi connectivity index (χ2v) is 7.01. The maximum Gasteiger partial charge on any atom is 0.0340 e. The van der Waals surface area contributed by atoms with Crippen molar-refractivity contribution in [2.24, 2.45) is 0 Å². The molecule has 1 aromatic rings. The highest BCUT2D eigenvalue weighted by atomic mass is 15.1. The number of likely N-dealkylation sites (tertiary alicyclic amines) is 1. The Balaban J connectivity index is 1.68. The van der Waals surface area contributed by atoms with Crippen molar-refractivity contribution >= 4 is 5.69 Å². The van der Waals surface area contributed by atoms with Gasteiger partial charge in [-0.3, -0.25) is 0 Å². The van der Waals surface area contributed by atoms with Gasteiger partial charge in [-0.05, 0) is 62.0 Å². The summed E-state index contributed by atoms with van der Waals surface area (Å²) in [5, 5.41) is 3.54. The fourth-order valence-corrected chi connectivity index (χ4v) is 2.81. The van der Waals surface area contributed by atoms with Gasteiger partial charge in [-0.2, -0.15) is 0 Å². The lowest BCUT2D eigenvalue weighted by atomic mass is 9.87. The van der Waals surface area contributed by atoms with E-state index >= 15 is 0 Å². The molecule has 2 nitrogen and oxygen atoms in total. The summed E-state index contributed by atoms with van der Waals surface area (Å²) in [6, 6.07) is 8.91. The van der Waals surface area contributed by atoms with E-state index in [0.717, 1.165) is 6.54 Å². The van der Waals surface area contributed by atoms with E-state index in [1.807, 2.05) is 0 Å². The molecule has 0 radical (unpaired) electrons. The highest BCUT2D eigenvalue weighted by Crippen LogP contribution is 2.23. The molecular weight excluding hydrogens is 244 g/mol. The van der Waals surface area contributed by atoms with Gasteiger partial charge in [0.1, 0.15) is 0 Å². The standard InChI is InChI=1S/C18H30N2/c1-18(2,3)16-8-10-17(11-9-16)19-12-7-15-20-13-5-4-6-14-20/h8-11,19H,4-7,12-15H2,1-3H3. The zero-order chi connectivity index (χ0) is 14.4. The van der Waals surface area contributed by atoms with Crippen molar-refractivity contribution in [3.8, 4) is 0 Å². The Morgan fingerprint density at radius 2 is 1.65 bits per heavy atom. The fourth-order valence-electron chi connectivity index (χ4n) is 2.81. The molecule has 20 heavy (non-hydrogen) atoms. The van der Waals surface area contributed by atoms with Crippen LogP contribution >= 0.6 is 0 Å². The van der Waals surface area contributed by atoms with Crippen molar-refractivity contribution in [1.82, 2.24) is 4.90 Å². The molecule has 0 bridgehead atoms. The van der Waals surface area contributed by atoms with Crippen LogP contribution in [0.2, 0.25) is 0 Å². The first-order chi connectivity index (χ1) is 9.55. The second-order valence-electron chi connectivity index (χ2n) is 7.01. The van der Waals surface area contributed by atoms with Crippen molar-refractivity contribution in [3.63, 3.8) is 0 Å². The average Bonchev–Trinajstić information content (AvgIpc) is 2.44. The third kappa shape index (κ3) is 4.82. The fraction of sp³-hybridized carbons (Fsp3) is 0.667. The van der Waals surface area contributed by atoms with E-state index < -0.39 is 0 Å². The average molecular weight is 274 g/mol. The number of piperidine rings is 1. The molecule has 0 unspecified atom stereocenters. The Labute approximate surface area is 124 Å². The van der Waals surface area contributed by atoms with Gasteiger partial charge in [0.2, 0.25) is 0 Å². The molecule has 0 saturated carbocycles. The van der Waals surface area contributed by atoms with Crippen LogP contribution in [0.25, 0.3) is 0 Å². The number of anilines is 1. The molecule has 0 aromatic heterocycles. The van der Waals surface area contributed by atoms with Gasteiger partial charge in [0.15, 0.2) is 0 Å². The van der Waals surface area contributed by atoms with Crippen LogP contribution < -0.4 is 5.32 Å². The summed E-state index contributed by atoms with van der Waals surface area (Å²) in [5.74, 6) is 0. The molecule has 0 spiro atoms. The van der Waals surface area contributed by atoms with Gasteiger partial charge in [-0.1, -0.05) is 39.3 Å². The minimum atomic E-state index is 0.243. The molecule has 1 aromatic carbocycles. The van der Waals surface area contributed by atoms with Gasteiger partial charge in [-0.25, -0.2) is 0 Å². The van der Waals surface area contributed by atoms with E-state index in [9.17, 15) is 0 Å². The van der Waals surface area contributed by atoms with E-state index in [1.165, 1.54) is 56.6 Å². The molecule has 112 valence electrons. The number of nitrogens with one attached hydrogen (secondary N) is 1. The van der Waals surface area contributed by atoms with Crippen molar-refractivity contribution < 1.29 is 0 Å². The SMILES string of the molecule is CC(C)(C)c1ccc(NCCCN2CCCCC2)cc1. The largest absolute Gasteiger partial charge is 0.385 e. The predicted molar refractivity (Wildman–Crippen MR) is 88.5 cm³/mol. The molecule has 1 fully saturated rings. The lowest BCUT2D eigenvalue weighted by molar-refractivity contribution is 0.228. The summed E-state index contributed by atoms with van der Waals surface area (Å²) in [5.41, 5.74) is 2.89. The number of rotatable bonds is 5. The quantitative estimate of drug-likeness (QED) is 0.807. The van der Waals surface area contributed by atoms with Crippen LogP contribution in [0.15, 0.2) is 24.3 Å². The molecule has 2 rings (SSSR count). The van der Waals surface area contributed by atoms with E-state index in [1.54, 1.807) is 0 Å². The number of hydrogen-bond acceptors (Lipinski definition) is 2. The number of nitrogens with zero attached hydrogens (tertiary/aromatic N) is 1. The zero-order valence-electron chi connectivity index (χ0n) is 13.4. The summed E-state index contributed by atoms with van der Waals surface area (Å²) in [4.78, 5) is 2.61. The maximum absolute atomic E-state index is 3.54. The summed E-state index contributed by atoms with van der Waals surface area (Å²) in [6.07, 6.45) is 5.44. The maximum atomic E-state index is 3.54. The van der Waals surface area contributed by atoms with Crippen LogP contribution in [0.3, 0.4) is 0 Å². The molecule has 0 atom stereocenters. The Bertz CT molecular complexity index is 383. The molecule has 2 heteroatoms. The topological polar surface area (TPSA) is 15.3 Å². The van der Waals surface area contributed by atoms with Crippen molar-refractivity contribution in [1.29, 1.82) is 0 Å². The van der Waals surface area contributed by atoms with Gasteiger partial charge < -0.3 is 10.2 Å². The number of hydrogen-bond donors (Lipinski definition) is 1. The van der Waals surface area contributed by atoms with E-state index in [4.69, 9.17) is 0 Å². The smallest absolute Gasteiger partial charge is 0.0340 e. The molecule has 0 amide bonds.